The van der Waals surface area contributed by atoms with E-state index in [4.69, 9.17) is 4.98 Å². The van der Waals surface area contributed by atoms with E-state index >= 15 is 0 Å². The first-order chi connectivity index (χ1) is 13.5. The molecule has 1 N–H and O–H groups in total. The highest BCUT2D eigenvalue weighted by Crippen LogP contribution is 2.28. The Morgan fingerprint density at radius 3 is 2.50 bits per heavy atom. The van der Waals surface area contributed by atoms with Crippen molar-refractivity contribution >= 4 is 22.6 Å². The third-order valence-corrected chi connectivity index (χ3v) is 5.14. The first-order valence-electron chi connectivity index (χ1n) is 9.23. The van der Waals surface area contributed by atoms with Gasteiger partial charge in [-0.15, -0.1) is 0 Å². The maximum absolute atomic E-state index is 13.3. The minimum Gasteiger partial charge on any atom is -0.322 e. The van der Waals surface area contributed by atoms with Gasteiger partial charge in [0.15, 0.2) is 5.65 Å². The number of aryl methyl sites for hydroxylation is 3. The molecule has 0 aliphatic heterocycles. The summed E-state index contributed by atoms with van der Waals surface area (Å²) in [5.74, 6) is -0.158. The molecule has 0 saturated carbocycles. The van der Waals surface area contributed by atoms with Gasteiger partial charge in [0.25, 0.3) is 5.91 Å². The second-order valence-corrected chi connectivity index (χ2v) is 7.03. The molecule has 0 spiro atoms. The van der Waals surface area contributed by atoms with Crippen LogP contribution in [0.4, 0.5) is 5.69 Å². The van der Waals surface area contributed by atoms with Crippen LogP contribution in [0.5, 0.6) is 0 Å². The number of carbonyl (C=O) groups excluding carboxylic acids is 1. The molecule has 140 valence electrons. The topological polar surface area (TPSA) is 59.8 Å². The second kappa shape index (κ2) is 6.93. The van der Waals surface area contributed by atoms with Crippen LogP contribution in [0.15, 0.2) is 54.6 Å². The Labute approximate surface area is 164 Å². The lowest BCUT2D eigenvalue weighted by Gasteiger charge is -2.12. The first-order valence-corrected chi connectivity index (χ1v) is 9.23. The molecule has 4 rings (SSSR count). The van der Waals surface area contributed by atoms with E-state index in [0.717, 1.165) is 39.2 Å². The molecular formula is C23H22N4O. The molecule has 2 aromatic heterocycles. The number of nitrogens with one attached hydrogen (secondary N) is 1. The van der Waals surface area contributed by atoms with E-state index in [1.165, 1.54) is 0 Å². The molecule has 0 unspecified atom stereocenters. The number of carbonyl (C=O) groups is 1. The van der Waals surface area contributed by atoms with Crippen molar-refractivity contribution in [1.29, 1.82) is 0 Å². The summed E-state index contributed by atoms with van der Waals surface area (Å²) < 4.78 is 1.73. The smallest absolute Gasteiger partial charge is 0.256 e. The highest BCUT2D eigenvalue weighted by atomic mass is 16.1. The lowest BCUT2D eigenvalue weighted by Crippen LogP contribution is -2.14. The van der Waals surface area contributed by atoms with Gasteiger partial charge >= 0.3 is 0 Å². The predicted molar refractivity (Wildman–Crippen MR) is 113 cm³/mol. The summed E-state index contributed by atoms with van der Waals surface area (Å²) in [5.41, 5.74) is 6.80. The summed E-state index contributed by atoms with van der Waals surface area (Å²) in [4.78, 5) is 18.0. The molecule has 0 atom stereocenters. The first kappa shape index (κ1) is 17.9. The van der Waals surface area contributed by atoms with Crippen molar-refractivity contribution in [2.45, 2.75) is 20.8 Å². The van der Waals surface area contributed by atoms with E-state index in [1.54, 1.807) is 4.68 Å². The fourth-order valence-corrected chi connectivity index (χ4v) is 3.46. The molecule has 0 radical (unpaired) electrons. The molecule has 5 nitrogen and oxygen atoms in total. The number of fused-ring (bicyclic) bond motifs is 1. The summed E-state index contributed by atoms with van der Waals surface area (Å²) in [6.45, 7) is 5.95. The molecule has 5 heteroatoms. The zero-order chi connectivity index (χ0) is 19.8. The third-order valence-electron chi connectivity index (χ3n) is 5.14. The van der Waals surface area contributed by atoms with Gasteiger partial charge < -0.3 is 5.32 Å². The Morgan fingerprint density at radius 1 is 1.00 bits per heavy atom. The number of benzene rings is 2. The van der Waals surface area contributed by atoms with Crippen molar-refractivity contribution in [1.82, 2.24) is 14.8 Å². The maximum atomic E-state index is 13.3. The molecule has 0 aliphatic carbocycles. The van der Waals surface area contributed by atoms with E-state index in [-0.39, 0.29) is 5.91 Å². The monoisotopic (exact) mass is 370 g/mol. The molecular weight excluding hydrogens is 348 g/mol. The summed E-state index contributed by atoms with van der Waals surface area (Å²) in [6.07, 6.45) is 0. The fourth-order valence-electron chi connectivity index (χ4n) is 3.46. The van der Waals surface area contributed by atoms with Crippen molar-refractivity contribution in [3.8, 4) is 11.3 Å². The van der Waals surface area contributed by atoms with Crippen molar-refractivity contribution in [2.24, 2.45) is 7.05 Å². The van der Waals surface area contributed by atoms with E-state index in [0.29, 0.717) is 11.2 Å². The van der Waals surface area contributed by atoms with Gasteiger partial charge in [-0.25, -0.2) is 4.98 Å². The van der Waals surface area contributed by atoms with Crippen LogP contribution in [-0.2, 0) is 7.05 Å². The Morgan fingerprint density at radius 2 is 1.75 bits per heavy atom. The number of aromatic nitrogens is 3. The number of hydrogen-bond acceptors (Lipinski definition) is 3. The summed E-state index contributed by atoms with van der Waals surface area (Å²) in [6, 6.07) is 17.6. The van der Waals surface area contributed by atoms with Crippen LogP contribution < -0.4 is 5.32 Å². The summed E-state index contributed by atoms with van der Waals surface area (Å²) >= 11 is 0. The van der Waals surface area contributed by atoms with Gasteiger partial charge in [-0.1, -0.05) is 42.5 Å². The van der Waals surface area contributed by atoms with Crippen molar-refractivity contribution < 1.29 is 4.79 Å². The largest absolute Gasteiger partial charge is 0.322 e. The van der Waals surface area contributed by atoms with Gasteiger partial charge in [-0.2, -0.15) is 5.10 Å². The molecule has 0 saturated heterocycles. The van der Waals surface area contributed by atoms with Crippen molar-refractivity contribution in [3.63, 3.8) is 0 Å². The Balaban J connectivity index is 1.87. The number of rotatable bonds is 3. The molecule has 2 heterocycles. The maximum Gasteiger partial charge on any atom is 0.256 e. The van der Waals surface area contributed by atoms with E-state index in [9.17, 15) is 4.79 Å². The standard InChI is InChI=1S/C23H22N4O/c1-14-9-8-12-19(15(14)2)25-23(28)18-13-20(17-10-6-5-7-11-17)24-22-21(18)16(3)26-27(22)4/h5-13H,1-4H3,(H,25,28). The average molecular weight is 370 g/mol. The SMILES string of the molecule is Cc1cccc(NC(=O)c2cc(-c3ccccc3)nc3c2c(C)nn3C)c1C. The highest BCUT2D eigenvalue weighted by Gasteiger charge is 2.20. The van der Waals surface area contributed by atoms with Gasteiger partial charge in [0.2, 0.25) is 0 Å². The molecule has 1 amide bonds. The van der Waals surface area contributed by atoms with Crippen LogP contribution in [0.2, 0.25) is 0 Å². The molecule has 0 bridgehead atoms. The number of amides is 1. The lowest BCUT2D eigenvalue weighted by atomic mass is 10.0. The Bertz CT molecular complexity index is 1190. The third kappa shape index (κ3) is 3.05. The van der Waals surface area contributed by atoms with Crippen LogP contribution in [-0.4, -0.2) is 20.7 Å². The zero-order valence-corrected chi connectivity index (χ0v) is 16.4. The molecule has 4 aromatic rings. The van der Waals surface area contributed by atoms with Gasteiger partial charge in [-0.3, -0.25) is 9.48 Å². The van der Waals surface area contributed by atoms with E-state index < -0.39 is 0 Å². The summed E-state index contributed by atoms with van der Waals surface area (Å²) in [5, 5.41) is 8.33. The van der Waals surface area contributed by atoms with Crippen LogP contribution in [0.1, 0.15) is 27.2 Å². The lowest BCUT2D eigenvalue weighted by molar-refractivity contribution is 0.102. The summed E-state index contributed by atoms with van der Waals surface area (Å²) in [7, 11) is 1.85. The predicted octanol–water partition coefficient (Wildman–Crippen LogP) is 4.81. The van der Waals surface area contributed by atoms with Crippen LogP contribution in [0.25, 0.3) is 22.3 Å². The quantitative estimate of drug-likeness (QED) is 0.563. The van der Waals surface area contributed by atoms with Crippen molar-refractivity contribution in [2.75, 3.05) is 5.32 Å². The number of hydrogen-bond donors (Lipinski definition) is 1. The normalized spacial score (nSPS) is 11.0. The van der Waals surface area contributed by atoms with E-state index in [2.05, 4.69) is 10.4 Å². The van der Waals surface area contributed by atoms with Gasteiger partial charge in [0, 0.05) is 18.3 Å². The van der Waals surface area contributed by atoms with Crippen LogP contribution in [0, 0.1) is 20.8 Å². The van der Waals surface area contributed by atoms with Gasteiger partial charge in [-0.05, 0) is 44.0 Å². The number of pyridine rings is 1. The zero-order valence-electron chi connectivity index (χ0n) is 16.4. The molecule has 28 heavy (non-hydrogen) atoms. The van der Waals surface area contributed by atoms with E-state index in [1.807, 2.05) is 82.4 Å². The van der Waals surface area contributed by atoms with Crippen LogP contribution in [0.3, 0.4) is 0 Å². The highest BCUT2D eigenvalue weighted by molar-refractivity contribution is 6.13. The Kier molecular flexibility index (Phi) is 4.43. The van der Waals surface area contributed by atoms with Crippen molar-refractivity contribution in [3.05, 3.63) is 77.0 Å². The number of anilines is 1. The van der Waals surface area contributed by atoms with Gasteiger partial charge in [0.05, 0.1) is 22.3 Å². The molecule has 0 aliphatic rings. The Hall–Kier alpha value is -3.47. The number of nitrogens with zero attached hydrogens (tertiary/aromatic N) is 3. The van der Waals surface area contributed by atoms with Crippen LogP contribution >= 0.6 is 0 Å². The fraction of sp³-hybridized carbons (Fsp3) is 0.174. The second-order valence-electron chi connectivity index (χ2n) is 7.03. The average Bonchev–Trinajstić information content (AvgIpc) is 2.99. The minimum atomic E-state index is -0.158. The molecule has 2 aromatic carbocycles. The molecule has 0 fully saturated rings. The minimum absolute atomic E-state index is 0.158. The van der Waals surface area contributed by atoms with Gasteiger partial charge in [0.1, 0.15) is 0 Å².